The number of nitro benzene ring substituents is 1. The van der Waals surface area contributed by atoms with E-state index in [0.717, 1.165) is 0 Å². The van der Waals surface area contributed by atoms with E-state index in [2.05, 4.69) is 10.5 Å². The summed E-state index contributed by atoms with van der Waals surface area (Å²) in [4.78, 5) is 23.6. The standard InChI is InChI=1S/C21H16N5O4/c1-30-19-13-11-17(12-14-19)25-21(27)24(16-5-3-2-4-6-16)22-20(23-25)15-7-9-18(10-8-15)26(28)29/h2-14H,1H3. The number of methoxy groups -OCH3 is 1. The van der Waals surface area contributed by atoms with Gasteiger partial charge in [0, 0.05) is 17.7 Å². The fraction of sp³-hybridized carbons (Fsp3) is 0.0476. The molecule has 1 radical (unpaired) electrons. The first-order chi connectivity index (χ1) is 14.6. The quantitative estimate of drug-likeness (QED) is 0.476. The molecule has 0 saturated carbocycles. The van der Waals surface area contributed by atoms with Gasteiger partial charge in [-0.3, -0.25) is 10.1 Å². The van der Waals surface area contributed by atoms with E-state index in [4.69, 9.17) is 4.74 Å². The highest BCUT2D eigenvalue weighted by molar-refractivity contribution is 6.12. The van der Waals surface area contributed by atoms with Gasteiger partial charge >= 0.3 is 6.03 Å². The molecule has 1 heterocycles. The third-order valence-electron chi connectivity index (χ3n) is 4.41. The third kappa shape index (κ3) is 3.63. The Morgan fingerprint density at radius 2 is 1.50 bits per heavy atom. The summed E-state index contributed by atoms with van der Waals surface area (Å²) in [6.07, 6.45) is 0. The van der Waals surface area contributed by atoms with Gasteiger partial charge in [0.2, 0.25) is 5.84 Å². The largest absolute Gasteiger partial charge is 0.497 e. The lowest BCUT2D eigenvalue weighted by Gasteiger charge is -2.31. The number of ether oxygens (including phenoxy) is 1. The Balaban J connectivity index is 1.75. The number of carbonyl (C=O) groups excluding carboxylic acids is 1. The number of non-ortho nitro benzene ring substituents is 1. The van der Waals surface area contributed by atoms with Crippen molar-refractivity contribution in [3.8, 4) is 5.75 Å². The molecule has 3 aromatic rings. The number of amidine groups is 1. The Bertz CT molecular complexity index is 1100. The summed E-state index contributed by atoms with van der Waals surface area (Å²) < 4.78 is 5.17. The molecule has 0 saturated heterocycles. The first kappa shape index (κ1) is 18.9. The molecule has 1 aliphatic rings. The van der Waals surface area contributed by atoms with Crippen LogP contribution in [-0.4, -0.2) is 23.9 Å². The van der Waals surface area contributed by atoms with E-state index in [9.17, 15) is 14.9 Å². The maximum absolute atomic E-state index is 13.1. The van der Waals surface area contributed by atoms with Crippen LogP contribution in [-0.2, 0) is 0 Å². The predicted molar refractivity (Wildman–Crippen MR) is 112 cm³/mol. The molecular formula is C21H16N5O4. The zero-order valence-corrected chi connectivity index (χ0v) is 15.9. The number of nitro groups is 1. The Kier molecular flexibility index (Phi) is 5.00. The highest BCUT2D eigenvalue weighted by Crippen LogP contribution is 2.26. The van der Waals surface area contributed by atoms with E-state index in [1.165, 1.54) is 22.2 Å². The van der Waals surface area contributed by atoms with Crippen LogP contribution in [0.2, 0.25) is 0 Å². The van der Waals surface area contributed by atoms with Crippen LogP contribution in [0.25, 0.3) is 0 Å². The van der Waals surface area contributed by atoms with Gasteiger partial charge in [-0.1, -0.05) is 18.2 Å². The van der Waals surface area contributed by atoms with E-state index in [0.29, 0.717) is 22.7 Å². The van der Waals surface area contributed by atoms with Crippen molar-refractivity contribution in [2.24, 2.45) is 5.10 Å². The summed E-state index contributed by atoms with van der Waals surface area (Å²) in [5, 5.41) is 17.8. The van der Waals surface area contributed by atoms with Crippen molar-refractivity contribution in [3.05, 3.63) is 94.5 Å². The molecule has 0 unspecified atom stereocenters. The minimum absolute atomic E-state index is 0.0434. The molecule has 149 valence electrons. The maximum atomic E-state index is 13.1. The minimum Gasteiger partial charge on any atom is -0.497 e. The molecule has 0 spiro atoms. The third-order valence-corrected chi connectivity index (χ3v) is 4.41. The van der Waals surface area contributed by atoms with Gasteiger partial charge in [0.1, 0.15) is 5.75 Å². The molecule has 9 nitrogen and oxygen atoms in total. The molecule has 0 N–H and O–H groups in total. The van der Waals surface area contributed by atoms with Crippen molar-refractivity contribution >= 4 is 28.9 Å². The van der Waals surface area contributed by atoms with Crippen molar-refractivity contribution in [2.75, 3.05) is 17.1 Å². The van der Waals surface area contributed by atoms with Gasteiger partial charge in [-0.2, -0.15) is 10.0 Å². The van der Waals surface area contributed by atoms with Gasteiger partial charge in [-0.05, 0) is 48.5 Å². The molecule has 0 bridgehead atoms. The first-order valence-corrected chi connectivity index (χ1v) is 8.95. The van der Waals surface area contributed by atoms with Gasteiger partial charge in [0.25, 0.3) is 5.69 Å². The number of rotatable bonds is 5. The van der Waals surface area contributed by atoms with Crippen LogP contribution in [0.4, 0.5) is 21.9 Å². The molecule has 2 amide bonds. The van der Waals surface area contributed by atoms with Crippen LogP contribution in [0.1, 0.15) is 5.56 Å². The number of nitrogens with zero attached hydrogens (tertiary/aromatic N) is 5. The zero-order chi connectivity index (χ0) is 21.1. The van der Waals surface area contributed by atoms with Crippen LogP contribution in [0.15, 0.2) is 84.0 Å². The Labute approximate surface area is 171 Å². The minimum atomic E-state index is -0.479. The second kappa shape index (κ2) is 7.92. The lowest BCUT2D eigenvalue weighted by Crippen LogP contribution is -2.52. The number of amides is 2. The highest BCUT2D eigenvalue weighted by Gasteiger charge is 2.32. The van der Waals surface area contributed by atoms with Crippen molar-refractivity contribution in [3.63, 3.8) is 0 Å². The second-order valence-electron chi connectivity index (χ2n) is 6.27. The summed E-state index contributed by atoms with van der Waals surface area (Å²) in [7, 11) is 1.56. The SMILES string of the molecule is COc1ccc(N2[N]C(c3ccc([N+](=O)[O-])cc3)=NN(c3ccccc3)C2=O)cc1. The number of carbonyl (C=O) groups is 1. The number of hydrogen-bond acceptors (Lipinski definition) is 5. The lowest BCUT2D eigenvalue weighted by molar-refractivity contribution is -0.384. The molecule has 3 aromatic carbocycles. The van der Waals surface area contributed by atoms with Crippen LogP contribution < -0.4 is 20.2 Å². The van der Waals surface area contributed by atoms with E-state index in [1.807, 2.05) is 6.07 Å². The Morgan fingerprint density at radius 1 is 0.867 bits per heavy atom. The number of hydrogen-bond donors (Lipinski definition) is 0. The average molecular weight is 402 g/mol. The monoisotopic (exact) mass is 402 g/mol. The van der Waals surface area contributed by atoms with Gasteiger partial charge in [0.15, 0.2) is 0 Å². The van der Waals surface area contributed by atoms with Gasteiger partial charge in [-0.25, -0.2) is 4.79 Å². The number of urea groups is 1. The lowest BCUT2D eigenvalue weighted by atomic mass is 10.2. The zero-order valence-electron chi connectivity index (χ0n) is 15.9. The molecule has 30 heavy (non-hydrogen) atoms. The normalized spacial score (nSPS) is 13.5. The smallest absolute Gasteiger partial charge is 0.370 e. The van der Waals surface area contributed by atoms with Crippen molar-refractivity contribution in [2.45, 2.75) is 0 Å². The molecule has 0 fully saturated rings. The number of benzene rings is 3. The molecular weight excluding hydrogens is 386 g/mol. The topological polar surface area (TPSA) is 102 Å². The van der Waals surface area contributed by atoms with Crippen LogP contribution in [0, 0.1) is 10.1 Å². The van der Waals surface area contributed by atoms with Crippen LogP contribution in [0.5, 0.6) is 5.75 Å². The highest BCUT2D eigenvalue weighted by atomic mass is 16.6. The van der Waals surface area contributed by atoms with Crippen molar-refractivity contribution in [1.29, 1.82) is 0 Å². The Hall–Kier alpha value is -4.40. The van der Waals surface area contributed by atoms with Crippen LogP contribution >= 0.6 is 0 Å². The van der Waals surface area contributed by atoms with Crippen LogP contribution in [0.3, 0.4) is 0 Å². The number of hydrazone groups is 1. The molecule has 0 aliphatic carbocycles. The second-order valence-corrected chi connectivity index (χ2v) is 6.27. The van der Waals surface area contributed by atoms with E-state index in [1.54, 1.807) is 67.8 Å². The van der Waals surface area contributed by atoms with Gasteiger partial charge in [0.05, 0.1) is 23.4 Å². The van der Waals surface area contributed by atoms with E-state index < -0.39 is 11.0 Å². The van der Waals surface area contributed by atoms with E-state index >= 15 is 0 Å². The molecule has 4 rings (SSSR count). The summed E-state index contributed by atoms with van der Waals surface area (Å²) in [6.45, 7) is 0. The number of anilines is 2. The van der Waals surface area contributed by atoms with Crippen molar-refractivity contribution in [1.82, 2.24) is 5.43 Å². The Morgan fingerprint density at radius 3 is 2.10 bits per heavy atom. The molecule has 0 aromatic heterocycles. The van der Waals surface area contributed by atoms with Crippen molar-refractivity contribution < 1.29 is 14.5 Å². The summed E-state index contributed by atoms with van der Waals surface area (Å²) >= 11 is 0. The summed E-state index contributed by atoms with van der Waals surface area (Å²) in [5.41, 5.74) is 5.97. The average Bonchev–Trinajstić information content (AvgIpc) is 2.80. The molecule has 9 heteroatoms. The first-order valence-electron chi connectivity index (χ1n) is 8.95. The number of para-hydroxylation sites is 1. The summed E-state index contributed by atoms with van der Waals surface area (Å²) in [5.74, 6) is 0.886. The maximum Gasteiger partial charge on any atom is 0.370 e. The van der Waals surface area contributed by atoms with Gasteiger partial charge < -0.3 is 4.74 Å². The summed E-state index contributed by atoms with van der Waals surface area (Å²) in [6, 6.07) is 21.2. The fourth-order valence-electron chi connectivity index (χ4n) is 2.86. The van der Waals surface area contributed by atoms with Gasteiger partial charge in [-0.15, -0.1) is 10.5 Å². The fourth-order valence-corrected chi connectivity index (χ4v) is 2.86. The molecule has 1 aliphatic heterocycles. The predicted octanol–water partition coefficient (Wildman–Crippen LogP) is 3.93. The van der Waals surface area contributed by atoms with E-state index in [-0.39, 0.29) is 11.5 Å². The molecule has 0 atom stereocenters.